The summed E-state index contributed by atoms with van der Waals surface area (Å²) in [5, 5.41) is 3.07. The molecule has 0 radical (unpaired) electrons. The van der Waals surface area contributed by atoms with Crippen molar-refractivity contribution in [2.75, 3.05) is 7.05 Å². The van der Waals surface area contributed by atoms with E-state index >= 15 is 0 Å². The van der Waals surface area contributed by atoms with Gasteiger partial charge in [-0.3, -0.25) is 10.2 Å². The minimum absolute atomic E-state index is 0.362. The van der Waals surface area contributed by atoms with E-state index in [2.05, 4.69) is 5.43 Å². The molecule has 5 heteroatoms. The van der Waals surface area contributed by atoms with Crippen molar-refractivity contribution in [2.24, 2.45) is 0 Å². The average Bonchev–Trinajstić information content (AvgIpc) is 2.44. The van der Waals surface area contributed by atoms with Crippen molar-refractivity contribution in [3.8, 4) is 0 Å². The first-order chi connectivity index (χ1) is 10.3. The Labute approximate surface area is 129 Å². The number of rotatable bonds is 1. The summed E-state index contributed by atoms with van der Waals surface area (Å²) in [6, 6.07) is 13.1. The maximum Gasteiger partial charge on any atom is 0.428 e. The highest BCUT2D eigenvalue weighted by molar-refractivity contribution is 5.99. The van der Waals surface area contributed by atoms with Crippen LogP contribution < -0.4 is 5.43 Å². The maximum absolute atomic E-state index is 12.2. The summed E-state index contributed by atoms with van der Waals surface area (Å²) < 4.78 is 5.18. The molecular weight excluding hydrogens is 280 g/mol. The molecule has 0 saturated heterocycles. The van der Waals surface area contributed by atoms with Crippen LogP contribution in [0, 0.1) is 0 Å². The highest BCUT2D eigenvalue weighted by atomic mass is 16.6. The van der Waals surface area contributed by atoms with E-state index in [0.29, 0.717) is 5.56 Å². The molecule has 116 valence electrons. The van der Waals surface area contributed by atoms with Crippen LogP contribution in [-0.4, -0.2) is 29.7 Å². The second-order valence-electron chi connectivity index (χ2n) is 6.04. The normalized spacial score (nSPS) is 11.1. The third-order valence-corrected chi connectivity index (χ3v) is 2.95. The number of carbonyl (C=O) groups is 2. The molecule has 0 spiro atoms. The molecule has 1 N–H and O–H groups in total. The van der Waals surface area contributed by atoms with Gasteiger partial charge in [0.25, 0.3) is 5.91 Å². The molecule has 2 aromatic rings. The van der Waals surface area contributed by atoms with E-state index in [1.165, 1.54) is 7.05 Å². The molecule has 0 bridgehead atoms. The van der Waals surface area contributed by atoms with Gasteiger partial charge < -0.3 is 4.74 Å². The molecule has 0 atom stereocenters. The predicted molar refractivity (Wildman–Crippen MR) is 85.4 cm³/mol. The summed E-state index contributed by atoms with van der Waals surface area (Å²) in [5.74, 6) is -0.362. The van der Waals surface area contributed by atoms with Gasteiger partial charge in [0, 0.05) is 12.6 Å². The summed E-state index contributed by atoms with van der Waals surface area (Å²) in [5.41, 5.74) is 2.37. The van der Waals surface area contributed by atoms with Crippen LogP contribution in [0.2, 0.25) is 0 Å². The Kier molecular flexibility index (Phi) is 4.35. The van der Waals surface area contributed by atoms with E-state index < -0.39 is 11.7 Å². The summed E-state index contributed by atoms with van der Waals surface area (Å²) in [6.45, 7) is 5.30. The summed E-state index contributed by atoms with van der Waals surface area (Å²) >= 11 is 0. The smallest absolute Gasteiger partial charge is 0.428 e. The van der Waals surface area contributed by atoms with E-state index in [4.69, 9.17) is 4.74 Å². The Morgan fingerprint density at radius 3 is 2.32 bits per heavy atom. The molecule has 2 amide bonds. The van der Waals surface area contributed by atoms with E-state index in [9.17, 15) is 9.59 Å². The van der Waals surface area contributed by atoms with E-state index in [0.717, 1.165) is 15.8 Å². The molecule has 5 nitrogen and oxygen atoms in total. The van der Waals surface area contributed by atoms with Gasteiger partial charge in [-0.1, -0.05) is 30.3 Å². The van der Waals surface area contributed by atoms with Crippen molar-refractivity contribution in [1.82, 2.24) is 10.4 Å². The lowest BCUT2D eigenvalue weighted by atomic mass is 10.1. The molecule has 0 aliphatic carbocycles. The Bertz CT molecular complexity index is 704. The molecule has 2 aromatic carbocycles. The van der Waals surface area contributed by atoms with Gasteiger partial charge in [-0.2, -0.15) is 0 Å². The summed E-state index contributed by atoms with van der Waals surface area (Å²) in [6.07, 6.45) is -0.610. The standard InChI is InChI=1S/C17H20N2O3/c1-17(2,3)22-16(21)19(4)18-15(20)14-10-9-12-7-5-6-8-13(12)11-14/h5-11H,1-4H3,(H,18,20). The van der Waals surface area contributed by atoms with Crippen LogP contribution in [0.3, 0.4) is 0 Å². The number of fused-ring (bicyclic) bond motifs is 1. The Morgan fingerprint density at radius 1 is 1.05 bits per heavy atom. The third kappa shape index (κ3) is 3.97. The molecule has 2 rings (SSSR count). The van der Waals surface area contributed by atoms with Gasteiger partial charge in [0.05, 0.1) is 0 Å². The fraction of sp³-hybridized carbons (Fsp3) is 0.294. The van der Waals surface area contributed by atoms with Crippen LogP contribution in [0.4, 0.5) is 4.79 Å². The van der Waals surface area contributed by atoms with Crippen LogP contribution in [0.25, 0.3) is 10.8 Å². The van der Waals surface area contributed by atoms with E-state index in [-0.39, 0.29) is 5.91 Å². The Hall–Kier alpha value is -2.56. The number of nitrogens with one attached hydrogen (secondary N) is 1. The lowest BCUT2D eigenvalue weighted by Crippen LogP contribution is -2.45. The van der Waals surface area contributed by atoms with Crippen LogP contribution in [-0.2, 0) is 4.74 Å². The molecule has 0 aromatic heterocycles. The summed E-state index contributed by atoms with van der Waals surface area (Å²) in [4.78, 5) is 24.0. The van der Waals surface area contributed by atoms with Gasteiger partial charge in [0.1, 0.15) is 5.60 Å². The third-order valence-electron chi connectivity index (χ3n) is 2.95. The van der Waals surface area contributed by atoms with Gasteiger partial charge in [0.2, 0.25) is 0 Å². The van der Waals surface area contributed by atoms with Gasteiger partial charge in [-0.15, -0.1) is 0 Å². The lowest BCUT2D eigenvalue weighted by molar-refractivity contribution is 0.0195. The second-order valence-corrected chi connectivity index (χ2v) is 6.04. The average molecular weight is 300 g/mol. The number of carbonyl (C=O) groups excluding carboxylic acids is 2. The number of hydrogen-bond acceptors (Lipinski definition) is 3. The van der Waals surface area contributed by atoms with Crippen molar-refractivity contribution >= 4 is 22.8 Å². The van der Waals surface area contributed by atoms with Crippen LogP contribution in [0.1, 0.15) is 31.1 Å². The van der Waals surface area contributed by atoms with Crippen molar-refractivity contribution in [2.45, 2.75) is 26.4 Å². The number of hydrogen-bond donors (Lipinski definition) is 1. The number of amides is 2. The molecule has 0 heterocycles. The monoisotopic (exact) mass is 300 g/mol. The minimum atomic E-state index is -0.612. The van der Waals surface area contributed by atoms with Gasteiger partial charge in [0.15, 0.2) is 0 Å². The van der Waals surface area contributed by atoms with Crippen molar-refractivity contribution in [3.63, 3.8) is 0 Å². The largest absolute Gasteiger partial charge is 0.442 e. The first-order valence-electron chi connectivity index (χ1n) is 7.03. The molecular formula is C17H20N2O3. The van der Waals surface area contributed by atoms with E-state index in [1.54, 1.807) is 32.9 Å². The Balaban J connectivity index is 2.08. The fourth-order valence-electron chi connectivity index (χ4n) is 1.92. The highest BCUT2D eigenvalue weighted by Gasteiger charge is 2.21. The molecule has 22 heavy (non-hydrogen) atoms. The second kappa shape index (κ2) is 6.05. The topological polar surface area (TPSA) is 58.6 Å². The molecule has 0 aliphatic rings. The lowest BCUT2D eigenvalue weighted by Gasteiger charge is -2.24. The number of ether oxygens (including phenoxy) is 1. The zero-order valence-electron chi connectivity index (χ0n) is 13.2. The Morgan fingerprint density at radius 2 is 1.68 bits per heavy atom. The molecule has 0 aliphatic heterocycles. The molecule has 0 unspecified atom stereocenters. The van der Waals surface area contributed by atoms with Crippen molar-refractivity contribution in [3.05, 3.63) is 48.0 Å². The fourth-order valence-corrected chi connectivity index (χ4v) is 1.92. The molecule has 0 saturated carbocycles. The van der Waals surface area contributed by atoms with Crippen molar-refractivity contribution in [1.29, 1.82) is 0 Å². The minimum Gasteiger partial charge on any atom is -0.442 e. The van der Waals surface area contributed by atoms with Crippen molar-refractivity contribution < 1.29 is 14.3 Å². The highest BCUT2D eigenvalue weighted by Crippen LogP contribution is 2.15. The van der Waals surface area contributed by atoms with E-state index in [1.807, 2.05) is 30.3 Å². The zero-order chi connectivity index (χ0) is 16.3. The molecule has 0 fully saturated rings. The van der Waals surface area contributed by atoms with Gasteiger partial charge >= 0.3 is 6.09 Å². The first-order valence-corrected chi connectivity index (χ1v) is 7.03. The number of nitrogens with zero attached hydrogens (tertiary/aromatic N) is 1. The zero-order valence-corrected chi connectivity index (χ0v) is 13.2. The van der Waals surface area contributed by atoms with Gasteiger partial charge in [-0.25, -0.2) is 9.80 Å². The maximum atomic E-state index is 12.2. The van der Waals surface area contributed by atoms with Crippen LogP contribution in [0.15, 0.2) is 42.5 Å². The van der Waals surface area contributed by atoms with Crippen LogP contribution in [0.5, 0.6) is 0 Å². The number of benzene rings is 2. The van der Waals surface area contributed by atoms with Gasteiger partial charge in [-0.05, 0) is 43.7 Å². The quantitative estimate of drug-likeness (QED) is 0.822. The summed E-state index contributed by atoms with van der Waals surface area (Å²) in [7, 11) is 1.45. The number of hydrazine groups is 1. The predicted octanol–water partition coefficient (Wildman–Crippen LogP) is 3.35. The van der Waals surface area contributed by atoms with Crippen LogP contribution >= 0.6 is 0 Å². The SMILES string of the molecule is CN(NC(=O)c1ccc2ccccc2c1)C(=O)OC(C)(C)C. The first kappa shape index (κ1) is 15.8.